The SMILES string of the molecule is COC1(C(N)c2c(Br)cnn2C)CCCCC1. The van der Waals surface area contributed by atoms with Gasteiger partial charge in [-0.05, 0) is 28.8 Å². The topological polar surface area (TPSA) is 53.1 Å². The van der Waals surface area contributed by atoms with Crippen LogP contribution in [0.5, 0.6) is 0 Å². The lowest BCUT2D eigenvalue weighted by atomic mass is 9.78. The van der Waals surface area contributed by atoms with Gasteiger partial charge >= 0.3 is 0 Å². The van der Waals surface area contributed by atoms with Gasteiger partial charge in [0.05, 0.1) is 28.0 Å². The first-order valence-corrected chi connectivity index (χ1v) is 6.88. The Labute approximate surface area is 111 Å². The summed E-state index contributed by atoms with van der Waals surface area (Å²) in [6.07, 6.45) is 7.52. The molecule has 1 saturated carbocycles. The highest BCUT2D eigenvalue weighted by Crippen LogP contribution is 2.41. The zero-order chi connectivity index (χ0) is 12.5. The molecule has 17 heavy (non-hydrogen) atoms. The Bertz CT molecular complexity index is 366. The van der Waals surface area contributed by atoms with E-state index in [-0.39, 0.29) is 11.6 Å². The van der Waals surface area contributed by atoms with Crippen LogP contribution in [0.3, 0.4) is 0 Å². The Balaban J connectivity index is 2.31. The Kier molecular flexibility index (Phi) is 3.90. The number of aromatic nitrogens is 2. The first-order valence-electron chi connectivity index (χ1n) is 6.09. The summed E-state index contributed by atoms with van der Waals surface area (Å²) < 4.78 is 8.59. The minimum atomic E-state index is -0.228. The number of rotatable bonds is 3. The van der Waals surface area contributed by atoms with Gasteiger partial charge in [-0.3, -0.25) is 4.68 Å². The van der Waals surface area contributed by atoms with Crippen molar-refractivity contribution in [2.24, 2.45) is 12.8 Å². The summed E-state index contributed by atoms with van der Waals surface area (Å²) in [6, 6.07) is -0.130. The minimum absolute atomic E-state index is 0.130. The molecule has 0 spiro atoms. The predicted octanol–water partition coefficient (Wildman–Crippen LogP) is 2.53. The molecule has 1 unspecified atom stereocenters. The van der Waals surface area contributed by atoms with Crippen molar-refractivity contribution in [2.45, 2.75) is 43.7 Å². The van der Waals surface area contributed by atoms with Crippen molar-refractivity contribution in [1.82, 2.24) is 9.78 Å². The summed E-state index contributed by atoms with van der Waals surface area (Å²) in [4.78, 5) is 0. The maximum absolute atomic E-state index is 6.45. The zero-order valence-corrected chi connectivity index (χ0v) is 12.0. The minimum Gasteiger partial charge on any atom is -0.376 e. The van der Waals surface area contributed by atoms with Crippen molar-refractivity contribution in [2.75, 3.05) is 7.11 Å². The van der Waals surface area contributed by atoms with E-state index in [1.807, 2.05) is 11.7 Å². The Morgan fingerprint density at radius 3 is 2.59 bits per heavy atom. The van der Waals surface area contributed by atoms with Crippen LogP contribution < -0.4 is 5.73 Å². The molecule has 0 bridgehead atoms. The molecule has 1 aromatic heterocycles. The Morgan fingerprint density at radius 1 is 1.47 bits per heavy atom. The summed E-state index contributed by atoms with van der Waals surface area (Å²) >= 11 is 3.52. The molecule has 2 N–H and O–H groups in total. The van der Waals surface area contributed by atoms with E-state index >= 15 is 0 Å². The van der Waals surface area contributed by atoms with Crippen molar-refractivity contribution in [3.63, 3.8) is 0 Å². The molecule has 0 radical (unpaired) electrons. The van der Waals surface area contributed by atoms with Gasteiger partial charge in [-0.25, -0.2) is 0 Å². The number of nitrogens with zero attached hydrogens (tertiary/aromatic N) is 2. The van der Waals surface area contributed by atoms with Crippen LogP contribution in [0.25, 0.3) is 0 Å². The van der Waals surface area contributed by atoms with Crippen LogP contribution in [-0.2, 0) is 11.8 Å². The van der Waals surface area contributed by atoms with Crippen LogP contribution >= 0.6 is 15.9 Å². The normalized spacial score (nSPS) is 21.4. The average Bonchev–Trinajstić information content (AvgIpc) is 2.69. The van der Waals surface area contributed by atoms with Crippen LogP contribution in [-0.4, -0.2) is 22.5 Å². The molecule has 1 fully saturated rings. The van der Waals surface area contributed by atoms with E-state index in [0.717, 1.165) is 23.0 Å². The molecular formula is C12H20BrN3O. The second-order valence-corrected chi connectivity index (χ2v) is 5.66. The van der Waals surface area contributed by atoms with Crippen LogP contribution in [0, 0.1) is 0 Å². The monoisotopic (exact) mass is 301 g/mol. The van der Waals surface area contributed by atoms with E-state index in [0.29, 0.717) is 0 Å². The molecule has 0 aliphatic heterocycles. The lowest BCUT2D eigenvalue weighted by Crippen LogP contribution is -2.45. The van der Waals surface area contributed by atoms with Crippen LogP contribution in [0.2, 0.25) is 0 Å². The van der Waals surface area contributed by atoms with Gasteiger partial charge in [-0.2, -0.15) is 5.10 Å². The number of halogens is 1. The van der Waals surface area contributed by atoms with Crippen molar-refractivity contribution < 1.29 is 4.74 Å². The van der Waals surface area contributed by atoms with Gasteiger partial charge in [0.1, 0.15) is 0 Å². The van der Waals surface area contributed by atoms with E-state index < -0.39 is 0 Å². The third kappa shape index (κ3) is 2.28. The summed E-state index contributed by atoms with van der Waals surface area (Å²) in [5, 5.41) is 4.23. The standard InChI is InChI=1S/C12H20BrN3O/c1-16-10(9(13)8-15-16)11(14)12(17-2)6-4-3-5-7-12/h8,11H,3-7,14H2,1-2H3. The fourth-order valence-electron chi connectivity index (χ4n) is 2.81. The van der Waals surface area contributed by atoms with E-state index in [2.05, 4.69) is 21.0 Å². The quantitative estimate of drug-likeness (QED) is 0.933. The first-order chi connectivity index (χ1) is 8.10. The second kappa shape index (κ2) is 5.08. The van der Waals surface area contributed by atoms with Gasteiger partial charge in [-0.1, -0.05) is 19.3 Å². The molecule has 1 aliphatic rings. The number of nitrogens with two attached hydrogens (primary N) is 1. The summed E-state index contributed by atoms with van der Waals surface area (Å²) in [5.41, 5.74) is 7.24. The lowest BCUT2D eigenvalue weighted by Gasteiger charge is -2.40. The molecule has 0 saturated heterocycles. The third-order valence-corrected chi connectivity index (χ3v) is 4.52. The fraction of sp³-hybridized carbons (Fsp3) is 0.750. The fourth-order valence-corrected chi connectivity index (χ4v) is 3.41. The second-order valence-electron chi connectivity index (χ2n) is 4.81. The van der Waals surface area contributed by atoms with Gasteiger partial charge in [-0.15, -0.1) is 0 Å². The molecule has 1 atom stereocenters. The molecule has 1 heterocycles. The van der Waals surface area contributed by atoms with Gasteiger partial charge in [0.2, 0.25) is 0 Å². The summed E-state index contributed by atoms with van der Waals surface area (Å²) in [7, 11) is 3.70. The van der Waals surface area contributed by atoms with Crippen molar-refractivity contribution >= 4 is 15.9 Å². The van der Waals surface area contributed by atoms with Crippen molar-refractivity contribution in [1.29, 1.82) is 0 Å². The molecule has 1 aliphatic carbocycles. The van der Waals surface area contributed by atoms with E-state index in [1.165, 1.54) is 19.3 Å². The van der Waals surface area contributed by atoms with Gasteiger partial charge in [0.15, 0.2) is 0 Å². The summed E-state index contributed by atoms with van der Waals surface area (Å²) in [5.74, 6) is 0. The molecular weight excluding hydrogens is 282 g/mol. The highest BCUT2D eigenvalue weighted by molar-refractivity contribution is 9.10. The Morgan fingerprint density at radius 2 is 2.12 bits per heavy atom. The molecule has 0 amide bonds. The number of ether oxygens (including phenoxy) is 1. The predicted molar refractivity (Wildman–Crippen MR) is 70.7 cm³/mol. The number of hydrogen-bond donors (Lipinski definition) is 1. The Hall–Kier alpha value is -0.390. The van der Waals surface area contributed by atoms with E-state index in [9.17, 15) is 0 Å². The smallest absolute Gasteiger partial charge is 0.0886 e. The lowest BCUT2D eigenvalue weighted by molar-refractivity contribution is -0.0612. The van der Waals surface area contributed by atoms with Crippen molar-refractivity contribution in [3.8, 4) is 0 Å². The molecule has 96 valence electrons. The van der Waals surface area contributed by atoms with Gasteiger partial charge in [0, 0.05) is 14.2 Å². The van der Waals surface area contributed by atoms with Crippen LogP contribution in [0.1, 0.15) is 43.8 Å². The number of hydrogen-bond acceptors (Lipinski definition) is 3. The molecule has 4 nitrogen and oxygen atoms in total. The average molecular weight is 302 g/mol. The number of aryl methyl sites for hydroxylation is 1. The third-order valence-electron chi connectivity index (χ3n) is 3.91. The highest BCUT2D eigenvalue weighted by atomic mass is 79.9. The highest BCUT2D eigenvalue weighted by Gasteiger charge is 2.40. The van der Waals surface area contributed by atoms with Gasteiger partial charge < -0.3 is 10.5 Å². The maximum atomic E-state index is 6.45. The largest absolute Gasteiger partial charge is 0.376 e. The molecule has 5 heteroatoms. The first kappa shape index (κ1) is 13.1. The van der Waals surface area contributed by atoms with Crippen molar-refractivity contribution in [3.05, 3.63) is 16.4 Å². The van der Waals surface area contributed by atoms with E-state index in [1.54, 1.807) is 13.3 Å². The van der Waals surface area contributed by atoms with Gasteiger partial charge in [0.25, 0.3) is 0 Å². The summed E-state index contributed by atoms with van der Waals surface area (Å²) in [6.45, 7) is 0. The molecule has 0 aromatic carbocycles. The number of methoxy groups -OCH3 is 1. The van der Waals surface area contributed by atoms with Crippen LogP contribution in [0.15, 0.2) is 10.7 Å². The van der Waals surface area contributed by atoms with E-state index in [4.69, 9.17) is 10.5 Å². The van der Waals surface area contributed by atoms with Crippen LogP contribution in [0.4, 0.5) is 0 Å². The zero-order valence-electron chi connectivity index (χ0n) is 10.4. The molecule has 1 aromatic rings. The molecule has 2 rings (SSSR count). The maximum Gasteiger partial charge on any atom is 0.0886 e.